The first-order valence-corrected chi connectivity index (χ1v) is 7.73. The van der Waals surface area contributed by atoms with Crippen molar-refractivity contribution in [2.75, 3.05) is 5.32 Å². The zero-order valence-electron chi connectivity index (χ0n) is 13.9. The standard InChI is InChI=1S/C19H19NO4/c1-12(21)15-9-14(23-11-13-7-5-4-6-8-13)10-16-17(15)24-19(2,3)18(22)20-16/h4-10H,11H2,1-3H3,(H,20,22). The summed E-state index contributed by atoms with van der Waals surface area (Å²) < 4.78 is 11.5. The average molecular weight is 325 g/mol. The van der Waals surface area contributed by atoms with E-state index in [2.05, 4.69) is 5.32 Å². The van der Waals surface area contributed by atoms with Gasteiger partial charge in [0.15, 0.2) is 17.1 Å². The highest BCUT2D eigenvalue weighted by Crippen LogP contribution is 2.40. The van der Waals surface area contributed by atoms with Crippen LogP contribution in [0.15, 0.2) is 42.5 Å². The maximum atomic E-state index is 12.1. The fraction of sp³-hybridized carbons (Fsp3) is 0.263. The second kappa shape index (κ2) is 6.00. The maximum Gasteiger partial charge on any atom is 0.268 e. The summed E-state index contributed by atoms with van der Waals surface area (Å²) in [4.78, 5) is 24.1. The van der Waals surface area contributed by atoms with Crippen LogP contribution in [0, 0.1) is 0 Å². The van der Waals surface area contributed by atoms with Crippen LogP contribution >= 0.6 is 0 Å². The molecule has 5 heteroatoms. The van der Waals surface area contributed by atoms with Gasteiger partial charge in [-0.25, -0.2) is 0 Å². The Morgan fingerprint density at radius 2 is 1.92 bits per heavy atom. The molecular weight excluding hydrogens is 306 g/mol. The van der Waals surface area contributed by atoms with Crippen molar-refractivity contribution in [3.63, 3.8) is 0 Å². The highest BCUT2D eigenvalue weighted by molar-refractivity contribution is 6.05. The molecule has 0 aliphatic carbocycles. The molecule has 5 nitrogen and oxygen atoms in total. The lowest BCUT2D eigenvalue weighted by atomic mass is 10.0. The number of carbonyl (C=O) groups is 2. The molecule has 1 heterocycles. The molecule has 0 spiro atoms. The molecule has 1 amide bonds. The molecule has 3 rings (SSSR count). The van der Waals surface area contributed by atoms with Crippen LogP contribution in [0.25, 0.3) is 0 Å². The van der Waals surface area contributed by atoms with Crippen molar-refractivity contribution < 1.29 is 19.1 Å². The van der Waals surface area contributed by atoms with E-state index in [1.807, 2.05) is 30.3 Å². The number of carbonyl (C=O) groups excluding carboxylic acids is 2. The Balaban J connectivity index is 1.93. The molecule has 2 aromatic rings. The van der Waals surface area contributed by atoms with E-state index in [1.54, 1.807) is 26.0 Å². The first-order chi connectivity index (χ1) is 11.4. The third kappa shape index (κ3) is 3.11. The number of fused-ring (bicyclic) bond motifs is 1. The van der Waals surface area contributed by atoms with Gasteiger partial charge in [0.1, 0.15) is 12.4 Å². The van der Waals surface area contributed by atoms with Crippen molar-refractivity contribution in [1.82, 2.24) is 0 Å². The SMILES string of the molecule is CC(=O)c1cc(OCc2ccccc2)cc2c1OC(C)(C)C(=O)N2. The van der Waals surface area contributed by atoms with Crippen LogP contribution in [0.5, 0.6) is 11.5 Å². The number of benzene rings is 2. The lowest BCUT2D eigenvalue weighted by molar-refractivity contribution is -0.129. The third-order valence-corrected chi connectivity index (χ3v) is 3.84. The minimum atomic E-state index is -1.02. The Hall–Kier alpha value is -2.82. The summed E-state index contributed by atoms with van der Waals surface area (Å²) in [5.74, 6) is 0.485. The zero-order valence-corrected chi connectivity index (χ0v) is 13.9. The minimum Gasteiger partial charge on any atom is -0.489 e. The van der Waals surface area contributed by atoms with Gasteiger partial charge in [-0.15, -0.1) is 0 Å². The summed E-state index contributed by atoms with van der Waals surface area (Å²) in [5, 5.41) is 2.79. The molecule has 0 fully saturated rings. The lowest BCUT2D eigenvalue weighted by Crippen LogP contribution is -2.46. The lowest BCUT2D eigenvalue weighted by Gasteiger charge is -2.32. The number of hydrogen-bond donors (Lipinski definition) is 1. The fourth-order valence-electron chi connectivity index (χ4n) is 2.47. The summed E-state index contributed by atoms with van der Waals surface area (Å²) in [6.07, 6.45) is 0. The van der Waals surface area contributed by atoms with Crippen LogP contribution in [0.4, 0.5) is 5.69 Å². The summed E-state index contributed by atoms with van der Waals surface area (Å²) in [6.45, 7) is 5.16. The van der Waals surface area contributed by atoms with E-state index in [0.29, 0.717) is 29.4 Å². The highest BCUT2D eigenvalue weighted by Gasteiger charge is 2.37. The van der Waals surface area contributed by atoms with Gasteiger partial charge in [0.25, 0.3) is 5.91 Å². The summed E-state index contributed by atoms with van der Waals surface area (Å²) in [7, 11) is 0. The van der Waals surface area contributed by atoms with Crippen LogP contribution in [0.2, 0.25) is 0 Å². The molecule has 2 aromatic carbocycles. The largest absolute Gasteiger partial charge is 0.489 e. The van der Waals surface area contributed by atoms with Gasteiger partial charge in [-0.3, -0.25) is 9.59 Å². The van der Waals surface area contributed by atoms with Crippen LogP contribution in [0.1, 0.15) is 36.7 Å². The van der Waals surface area contributed by atoms with E-state index in [0.717, 1.165) is 5.56 Å². The molecule has 0 bridgehead atoms. The molecule has 0 aromatic heterocycles. The molecule has 0 radical (unpaired) electrons. The molecule has 1 aliphatic rings. The molecule has 0 unspecified atom stereocenters. The highest BCUT2D eigenvalue weighted by atomic mass is 16.5. The number of hydrogen-bond acceptors (Lipinski definition) is 4. The van der Waals surface area contributed by atoms with Gasteiger partial charge in [0.05, 0.1) is 11.3 Å². The summed E-state index contributed by atoms with van der Waals surface area (Å²) >= 11 is 0. The van der Waals surface area contributed by atoms with Gasteiger partial charge in [-0.05, 0) is 32.4 Å². The predicted octanol–water partition coefficient (Wildman–Crippen LogP) is 3.58. The van der Waals surface area contributed by atoms with E-state index in [1.165, 1.54) is 6.92 Å². The van der Waals surface area contributed by atoms with Gasteiger partial charge in [-0.2, -0.15) is 0 Å². The topological polar surface area (TPSA) is 64.6 Å². The van der Waals surface area contributed by atoms with Crippen LogP contribution in [0.3, 0.4) is 0 Å². The average Bonchev–Trinajstić information content (AvgIpc) is 2.54. The van der Waals surface area contributed by atoms with Crippen LogP contribution < -0.4 is 14.8 Å². The van der Waals surface area contributed by atoms with E-state index in [4.69, 9.17) is 9.47 Å². The molecule has 1 aliphatic heterocycles. The zero-order chi connectivity index (χ0) is 17.3. The first-order valence-electron chi connectivity index (χ1n) is 7.73. The number of ether oxygens (including phenoxy) is 2. The number of rotatable bonds is 4. The van der Waals surface area contributed by atoms with Crippen LogP contribution in [-0.4, -0.2) is 17.3 Å². The molecule has 124 valence electrons. The Bertz CT molecular complexity index is 797. The molecule has 24 heavy (non-hydrogen) atoms. The Morgan fingerprint density at radius 1 is 1.21 bits per heavy atom. The Labute approximate surface area is 140 Å². The number of anilines is 1. The Morgan fingerprint density at radius 3 is 2.58 bits per heavy atom. The Kier molecular flexibility index (Phi) is 4.01. The van der Waals surface area contributed by atoms with Gasteiger partial charge in [0, 0.05) is 6.07 Å². The van der Waals surface area contributed by atoms with Crippen LogP contribution in [-0.2, 0) is 11.4 Å². The van der Waals surface area contributed by atoms with E-state index in [9.17, 15) is 9.59 Å². The number of ketones is 1. The summed E-state index contributed by atoms with van der Waals surface area (Å²) in [5.41, 5.74) is 0.837. The van der Waals surface area contributed by atoms with Gasteiger partial charge in [-0.1, -0.05) is 30.3 Å². The van der Waals surface area contributed by atoms with Crippen molar-refractivity contribution in [3.05, 3.63) is 53.6 Å². The fourth-order valence-corrected chi connectivity index (χ4v) is 2.47. The minimum absolute atomic E-state index is 0.150. The normalized spacial score (nSPS) is 15.0. The molecule has 0 saturated carbocycles. The smallest absolute Gasteiger partial charge is 0.268 e. The van der Waals surface area contributed by atoms with Gasteiger partial charge < -0.3 is 14.8 Å². The molecule has 0 saturated heterocycles. The van der Waals surface area contributed by atoms with Gasteiger partial charge >= 0.3 is 0 Å². The number of nitrogens with one attached hydrogen (secondary N) is 1. The second-order valence-electron chi connectivity index (χ2n) is 6.24. The monoisotopic (exact) mass is 325 g/mol. The summed E-state index contributed by atoms with van der Waals surface area (Å²) in [6, 6.07) is 13.0. The van der Waals surface area contributed by atoms with Crippen molar-refractivity contribution in [1.29, 1.82) is 0 Å². The quantitative estimate of drug-likeness (QED) is 0.873. The van der Waals surface area contributed by atoms with E-state index < -0.39 is 5.60 Å². The third-order valence-electron chi connectivity index (χ3n) is 3.84. The van der Waals surface area contributed by atoms with Crippen molar-refractivity contribution in [3.8, 4) is 11.5 Å². The number of Topliss-reactive ketones (excluding diaryl/α,β-unsaturated/α-hetero) is 1. The van der Waals surface area contributed by atoms with E-state index in [-0.39, 0.29) is 11.7 Å². The van der Waals surface area contributed by atoms with Crippen molar-refractivity contribution in [2.24, 2.45) is 0 Å². The maximum absolute atomic E-state index is 12.1. The predicted molar refractivity (Wildman–Crippen MR) is 90.6 cm³/mol. The molecule has 1 N–H and O–H groups in total. The second-order valence-corrected chi connectivity index (χ2v) is 6.24. The van der Waals surface area contributed by atoms with Crippen molar-refractivity contribution in [2.45, 2.75) is 33.0 Å². The van der Waals surface area contributed by atoms with Gasteiger partial charge in [0.2, 0.25) is 0 Å². The van der Waals surface area contributed by atoms with Crippen molar-refractivity contribution >= 4 is 17.4 Å². The first kappa shape index (κ1) is 16.1. The van der Waals surface area contributed by atoms with E-state index >= 15 is 0 Å². The molecule has 0 atom stereocenters. The number of amides is 1. The molecular formula is C19H19NO4.